The van der Waals surface area contributed by atoms with Crippen LogP contribution in [0.15, 0.2) is 0 Å². The van der Waals surface area contributed by atoms with Gasteiger partial charge in [0.2, 0.25) is 0 Å². The van der Waals surface area contributed by atoms with E-state index in [0.717, 1.165) is 32.1 Å². The summed E-state index contributed by atoms with van der Waals surface area (Å²) >= 11 is 0. The van der Waals surface area contributed by atoms with Crippen LogP contribution in [0.1, 0.15) is 71.1 Å². The van der Waals surface area contributed by atoms with Crippen LogP contribution in [0.2, 0.25) is 0 Å². The first-order valence-corrected chi connectivity index (χ1v) is 7.62. The number of carbonyl (C=O) groups excluding carboxylic acids is 1. The summed E-state index contributed by atoms with van der Waals surface area (Å²) < 4.78 is 5.41. The van der Waals surface area contributed by atoms with Crippen LogP contribution in [0.3, 0.4) is 0 Å². The molecule has 0 aromatic heterocycles. The van der Waals surface area contributed by atoms with E-state index in [1.807, 2.05) is 0 Å². The lowest BCUT2D eigenvalue weighted by Crippen LogP contribution is -2.37. The molecule has 0 aliphatic heterocycles. The van der Waals surface area contributed by atoms with Crippen molar-refractivity contribution in [1.29, 1.82) is 0 Å². The molecule has 1 fully saturated rings. The second-order valence-corrected chi connectivity index (χ2v) is 5.60. The van der Waals surface area contributed by atoms with Crippen LogP contribution in [-0.4, -0.2) is 19.1 Å². The molecule has 0 spiro atoms. The van der Waals surface area contributed by atoms with Gasteiger partial charge in [0, 0.05) is 6.54 Å². The summed E-state index contributed by atoms with van der Waals surface area (Å²) in [6, 6.07) is 0. The molecule has 3 heteroatoms. The lowest BCUT2D eigenvalue weighted by Gasteiger charge is -2.24. The quantitative estimate of drug-likeness (QED) is 0.507. The molecule has 1 aliphatic rings. The van der Waals surface area contributed by atoms with Crippen molar-refractivity contribution in [3.05, 3.63) is 0 Å². The number of esters is 1. The number of carbonyl (C=O) groups is 1. The van der Waals surface area contributed by atoms with Crippen LogP contribution < -0.4 is 5.73 Å². The first kappa shape index (κ1) is 15.5. The van der Waals surface area contributed by atoms with Gasteiger partial charge in [-0.1, -0.05) is 51.9 Å². The summed E-state index contributed by atoms with van der Waals surface area (Å²) in [7, 11) is 0. The summed E-state index contributed by atoms with van der Waals surface area (Å²) in [5, 5.41) is 0. The van der Waals surface area contributed by atoms with Crippen LogP contribution in [0.25, 0.3) is 0 Å². The summed E-state index contributed by atoms with van der Waals surface area (Å²) in [6.45, 7) is 3.24. The minimum absolute atomic E-state index is 0.0453. The summed E-state index contributed by atoms with van der Waals surface area (Å²) in [6.07, 6.45) is 11.4. The van der Waals surface area contributed by atoms with E-state index < -0.39 is 0 Å². The van der Waals surface area contributed by atoms with Crippen molar-refractivity contribution >= 4 is 5.97 Å². The predicted octanol–water partition coefficient (Wildman–Crippen LogP) is 3.41. The van der Waals surface area contributed by atoms with Gasteiger partial charge in [-0.05, 0) is 19.3 Å². The van der Waals surface area contributed by atoms with Crippen molar-refractivity contribution in [2.24, 2.45) is 11.1 Å². The summed E-state index contributed by atoms with van der Waals surface area (Å²) in [4.78, 5) is 12.0. The van der Waals surface area contributed by atoms with Crippen LogP contribution in [0.5, 0.6) is 0 Å². The Morgan fingerprint density at radius 1 is 1.11 bits per heavy atom. The molecular weight excluding hydrogens is 226 g/mol. The van der Waals surface area contributed by atoms with E-state index in [1.165, 1.54) is 32.1 Å². The van der Waals surface area contributed by atoms with Crippen molar-refractivity contribution in [2.75, 3.05) is 13.2 Å². The monoisotopic (exact) mass is 255 g/mol. The standard InChI is InChI=1S/C15H29NO2/c1-2-3-4-5-6-9-12-18-14(17)15(13-16)10-7-8-11-15/h2-13,16H2,1H3. The fourth-order valence-electron chi connectivity index (χ4n) is 2.74. The molecule has 1 saturated carbocycles. The van der Waals surface area contributed by atoms with E-state index >= 15 is 0 Å². The van der Waals surface area contributed by atoms with Crippen molar-refractivity contribution in [2.45, 2.75) is 71.1 Å². The minimum atomic E-state index is -0.345. The molecule has 106 valence electrons. The third-order valence-corrected chi connectivity index (χ3v) is 4.12. The van der Waals surface area contributed by atoms with Crippen LogP contribution in [0.4, 0.5) is 0 Å². The largest absolute Gasteiger partial charge is 0.465 e. The third-order valence-electron chi connectivity index (χ3n) is 4.12. The second-order valence-electron chi connectivity index (χ2n) is 5.60. The van der Waals surface area contributed by atoms with Gasteiger partial charge in [0.15, 0.2) is 0 Å². The highest BCUT2D eigenvalue weighted by molar-refractivity contribution is 5.77. The number of hydrogen-bond acceptors (Lipinski definition) is 3. The van der Waals surface area contributed by atoms with E-state index in [2.05, 4.69) is 6.92 Å². The number of nitrogens with two attached hydrogens (primary N) is 1. The molecule has 3 nitrogen and oxygen atoms in total. The van der Waals surface area contributed by atoms with Gasteiger partial charge in [0.05, 0.1) is 12.0 Å². The third kappa shape index (κ3) is 4.60. The van der Waals surface area contributed by atoms with Gasteiger partial charge in [-0.3, -0.25) is 4.79 Å². The highest BCUT2D eigenvalue weighted by atomic mass is 16.5. The Balaban J connectivity index is 2.09. The smallest absolute Gasteiger partial charge is 0.313 e. The van der Waals surface area contributed by atoms with Gasteiger partial charge in [-0.2, -0.15) is 0 Å². The van der Waals surface area contributed by atoms with Gasteiger partial charge < -0.3 is 10.5 Å². The van der Waals surface area contributed by atoms with Crippen LogP contribution in [0, 0.1) is 5.41 Å². The zero-order chi connectivity index (χ0) is 13.3. The molecule has 18 heavy (non-hydrogen) atoms. The van der Waals surface area contributed by atoms with Crippen molar-refractivity contribution in [3.8, 4) is 0 Å². The molecule has 1 rings (SSSR count). The highest BCUT2D eigenvalue weighted by Crippen LogP contribution is 2.38. The fourth-order valence-corrected chi connectivity index (χ4v) is 2.74. The first-order valence-electron chi connectivity index (χ1n) is 7.62. The highest BCUT2D eigenvalue weighted by Gasteiger charge is 2.41. The molecule has 0 heterocycles. The number of ether oxygens (including phenoxy) is 1. The fraction of sp³-hybridized carbons (Fsp3) is 0.933. The SMILES string of the molecule is CCCCCCCCOC(=O)C1(CN)CCCC1. The Bertz CT molecular complexity index is 235. The number of hydrogen-bond donors (Lipinski definition) is 1. The van der Waals surface area contributed by atoms with Gasteiger partial charge >= 0.3 is 5.97 Å². The Labute approximate surface area is 111 Å². The van der Waals surface area contributed by atoms with Gasteiger partial charge in [0.25, 0.3) is 0 Å². The molecule has 0 unspecified atom stereocenters. The van der Waals surface area contributed by atoms with Crippen molar-refractivity contribution < 1.29 is 9.53 Å². The lowest BCUT2D eigenvalue weighted by atomic mass is 9.86. The molecule has 0 aromatic rings. The Kier molecular flexibility index (Phi) is 7.33. The molecule has 0 atom stereocenters. The zero-order valence-electron chi connectivity index (χ0n) is 11.9. The molecule has 0 radical (unpaired) electrons. The number of rotatable bonds is 9. The molecule has 0 bridgehead atoms. The average Bonchev–Trinajstić information content (AvgIpc) is 2.87. The summed E-state index contributed by atoms with van der Waals surface area (Å²) in [5.74, 6) is -0.0453. The van der Waals surface area contributed by atoms with Gasteiger partial charge in [-0.15, -0.1) is 0 Å². The minimum Gasteiger partial charge on any atom is -0.465 e. The maximum Gasteiger partial charge on any atom is 0.313 e. The molecule has 0 amide bonds. The van der Waals surface area contributed by atoms with Crippen molar-refractivity contribution in [1.82, 2.24) is 0 Å². The topological polar surface area (TPSA) is 52.3 Å². The zero-order valence-corrected chi connectivity index (χ0v) is 11.9. The summed E-state index contributed by atoms with van der Waals surface area (Å²) in [5.41, 5.74) is 5.41. The molecule has 0 saturated heterocycles. The van der Waals surface area contributed by atoms with E-state index in [4.69, 9.17) is 10.5 Å². The first-order chi connectivity index (χ1) is 8.75. The maximum atomic E-state index is 12.0. The van der Waals surface area contributed by atoms with Crippen molar-refractivity contribution in [3.63, 3.8) is 0 Å². The molecule has 1 aliphatic carbocycles. The van der Waals surface area contributed by atoms with Crippen LogP contribution >= 0.6 is 0 Å². The number of unbranched alkanes of at least 4 members (excludes halogenated alkanes) is 5. The Morgan fingerprint density at radius 3 is 2.33 bits per heavy atom. The molecular formula is C15H29NO2. The van der Waals surface area contributed by atoms with Gasteiger partial charge in [0.1, 0.15) is 0 Å². The lowest BCUT2D eigenvalue weighted by molar-refractivity contribution is -0.155. The van der Waals surface area contributed by atoms with E-state index in [9.17, 15) is 4.79 Å². The normalized spacial score (nSPS) is 17.9. The Morgan fingerprint density at radius 2 is 1.72 bits per heavy atom. The van der Waals surface area contributed by atoms with E-state index in [-0.39, 0.29) is 11.4 Å². The average molecular weight is 255 g/mol. The predicted molar refractivity (Wildman–Crippen MR) is 74.3 cm³/mol. The second kappa shape index (κ2) is 8.52. The van der Waals surface area contributed by atoms with Gasteiger partial charge in [-0.25, -0.2) is 0 Å². The van der Waals surface area contributed by atoms with Crippen LogP contribution in [-0.2, 0) is 9.53 Å². The Hall–Kier alpha value is -0.570. The van der Waals surface area contributed by atoms with E-state index in [0.29, 0.717) is 13.2 Å². The van der Waals surface area contributed by atoms with E-state index in [1.54, 1.807) is 0 Å². The molecule has 0 aromatic carbocycles. The maximum absolute atomic E-state index is 12.0. The molecule has 2 N–H and O–H groups in total.